The van der Waals surface area contributed by atoms with Gasteiger partial charge in [-0.15, -0.1) is 0 Å². The van der Waals surface area contributed by atoms with Crippen molar-refractivity contribution in [2.45, 2.75) is 25.9 Å². The molecule has 3 nitrogen and oxygen atoms in total. The van der Waals surface area contributed by atoms with Crippen molar-refractivity contribution in [2.24, 2.45) is 11.8 Å². The van der Waals surface area contributed by atoms with Crippen molar-refractivity contribution in [3.63, 3.8) is 0 Å². The fourth-order valence-corrected chi connectivity index (χ4v) is 1.88. The summed E-state index contributed by atoms with van der Waals surface area (Å²) < 4.78 is 37.5. The summed E-state index contributed by atoms with van der Waals surface area (Å²) in [6.45, 7) is 2.73. The number of aromatic nitrogens is 1. The first kappa shape index (κ1) is 13.0. The van der Waals surface area contributed by atoms with Crippen molar-refractivity contribution in [1.29, 1.82) is 0 Å². The van der Waals surface area contributed by atoms with Gasteiger partial charge in [-0.2, -0.15) is 13.2 Å². The van der Waals surface area contributed by atoms with Gasteiger partial charge in [0.1, 0.15) is 5.69 Å². The van der Waals surface area contributed by atoms with E-state index in [4.69, 9.17) is 5.73 Å². The molecular weight excluding hydrogens is 243 g/mol. The molecule has 0 saturated heterocycles. The maximum atomic E-state index is 12.5. The lowest BCUT2D eigenvalue weighted by atomic mass is 10.1. The summed E-state index contributed by atoms with van der Waals surface area (Å²) >= 11 is 0. The van der Waals surface area contributed by atoms with E-state index in [1.807, 2.05) is 0 Å². The number of hydrogen-bond donors (Lipinski definition) is 2. The lowest BCUT2D eigenvalue weighted by Crippen LogP contribution is -2.15. The maximum absolute atomic E-state index is 12.5. The van der Waals surface area contributed by atoms with Gasteiger partial charge in [0.2, 0.25) is 0 Å². The van der Waals surface area contributed by atoms with Crippen LogP contribution >= 0.6 is 0 Å². The molecular formula is C12H16F3N3. The highest BCUT2D eigenvalue weighted by Gasteiger charge is 2.33. The first-order valence-corrected chi connectivity index (χ1v) is 5.94. The highest BCUT2D eigenvalue weighted by atomic mass is 19.4. The first-order chi connectivity index (χ1) is 8.38. The van der Waals surface area contributed by atoms with E-state index >= 15 is 0 Å². The Labute approximate surface area is 104 Å². The van der Waals surface area contributed by atoms with Gasteiger partial charge in [0, 0.05) is 6.54 Å². The zero-order valence-electron chi connectivity index (χ0n) is 10.1. The number of nitrogens with one attached hydrogen (secondary N) is 1. The van der Waals surface area contributed by atoms with Crippen LogP contribution in [0.4, 0.5) is 24.5 Å². The van der Waals surface area contributed by atoms with Crippen LogP contribution in [-0.2, 0) is 6.18 Å². The van der Waals surface area contributed by atoms with E-state index in [9.17, 15) is 13.2 Å². The number of pyridine rings is 1. The van der Waals surface area contributed by atoms with E-state index in [1.54, 1.807) is 0 Å². The molecule has 6 heteroatoms. The molecule has 0 spiro atoms. The number of alkyl halides is 3. The standard InChI is InChI=1S/C12H16F3N3/c1-7(8-2-3-8)5-17-10-4-11(12(13,14)15)18-6-9(10)16/h4,6-8H,2-3,5,16H2,1H3,(H,17,18). The monoisotopic (exact) mass is 259 g/mol. The Morgan fingerprint density at radius 2 is 2.17 bits per heavy atom. The zero-order valence-corrected chi connectivity index (χ0v) is 10.1. The van der Waals surface area contributed by atoms with Crippen LogP contribution in [0.2, 0.25) is 0 Å². The lowest BCUT2D eigenvalue weighted by molar-refractivity contribution is -0.141. The van der Waals surface area contributed by atoms with E-state index in [2.05, 4.69) is 17.2 Å². The SMILES string of the molecule is CC(CNc1cc(C(F)(F)F)ncc1N)C1CC1. The molecule has 0 bridgehead atoms. The Balaban J connectivity index is 2.06. The van der Waals surface area contributed by atoms with Gasteiger partial charge in [-0.3, -0.25) is 0 Å². The van der Waals surface area contributed by atoms with Crippen LogP contribution in [-0.4, -0.2) is 11.5 Å². The summed E-state index contributed by atoms with van der Waals surface area (Å²) in [5.41, 5.74) is 5.25. The van der Waals surface area contributed by atoms with Crippen LogP contribution in [0.3, 0.4) is 0 Å². The minimum absolute atomic E-state index is 0.242. The number of rotatable bonds is 4. The molecule has 1 fully saturated rings. The van der Waals surface area contributed by atoms with Crippen LogP contribution in [0.15, 0.2) is 12.3 Å². The largest absolute Gasteiger partial charge is 0.433 e. The fraction of sp³-hybridized carbons (Fsp3) is 0.583. The Kier molecular flexibility index (Phi) is 3.36. The molecule has 0 aliphatic heterocycles. The van der Waals surface area contributed by atoms with Crippen LogP contribution in [0.25, 0.3) is 0 Å². The van der Waals surface area contributed by atoms with Crippen molar-refractivity contribution in [2.75, 3.05) is 17.6 Å². The van der Waals surface area contributed by atoms with Gasteiger partial charge >= 0.3 is 6.18 Å². The molecule has 0 aromatic carbocycles. The molecule has 1 heterocycles. The molecule has 18 heavy (non-hydrogen) atoms. The number of halogens is 3. The van der Waals surface area contributed by atoms with Gasteiger partial charge in [0.05, 0.1) is 17.6 Å². The second-order valence-electron chi connectivity index (χ2n) is 4.85. The molecule has 1 atom stereocenters. The number of nitrogens with zero attached hydrogens (tertiary/aromatic N) is 1. The van der Waals surface area contributed by atoms with Gasteiger partial charge in [-0.1, -0.05) is 6.92 Å². The molecule has 1 aliphatic rings. The van der Waals surface area contributed by atoms with E-state index in [0.717, 1.165) is 12.3 Å². The van der Waals surface area contributed by atoms with Crippen LogP contribution in [0.5, 0.6) is 0 Å². The normalized spacial score (nSPS) is 17.6. The third kappa shape index (κ3) is 3.05. The van der Waals surface area contributed by atoms with Crippen molar-refractivity contribution in [1.82, 2.24) is 4.98 Å². The van der Waals surface area contributed by atoms with Crippen molar-refractivity contribution < 1.29 is 13.2 Å². The Morgan fingerprint density at radius 3 is 2.72 bits per heavy atom. The summed E-state index contributed by atoms with van der Waals surface area (Å²) in [7, 11) is 0. The minimum atomic E-state index is -4.44. The molecule has 0 radical (unpaired) electrons. The summed E-state index contributed by atoms with van der Waals surface area (Å²) in [6.07, 6.45) is -0.968. The predicted octanol–water partition coefficient (Wildman–Crippen LogP) is 3.14. The second kappa shape index (κ2) is 4.66. The zero-order chi connectivity index (χ0) is 13.3. The smallest absolute Gasteiger partial charge is 0.396 e. The van der Waals surface area contributed by atoms with Gasteiger partial charge in [-0.05, 0) is 30.7 Å². The van der Waals surface area contributed by atoms with E-state index < -0.39 is 11.9 Å². The quantitative estimate of drug-likeness (QED) is 0.873. The highest BCUT2D eigenvalue weighted by Crippen LogP contribution is 2.37. The molecule has 0 amide bonds. The number of nitrogen functional groups attached to an aromatic ring is 1. The lowest BCUT2D eigenvalue weighted by Gasteiger charge is -2.15. The summed E-state index contributed by atoms with van der Waals surface area (Å²) in [5.74, 6) is 1.15. The predicted molar refractivity (Wildman–Crippen MR) is 64.0 cm³/mol. The van der Waals surface area contributed by atoms with E-state index in [0.29, 0.717) is 24.1 Å². The minimum Gasteiger partial charge on any atom is -0.396 e. The maximum Gasteiger partial charge on any atom is 0.433 e. The molecule has 3 N–H and O–H groups in total. The first-order valence-electron chi connectivity index (χ1n) is 5.94. The third-order valence-corrected chi connectivity index (χ3v) is 3.27. The number of hydrogen-bond acceptors (Lipinski definition) is 3. The van der Waals surface area contributed by atoms with Gasteiger partial charge in [0.25, 0.3) is 0 Å². The Hall–Kier alpha value is -1.46. The fourth-order valence-electron chi connectivity index (χ4n) is 1.88. The van der Waals surface area contributed by atoms with Crippen LogP contribution < -0.4 is 11.1 Å². The van der Waals surface area contributed by atoms with Gasteiger partial charge < -0.3 is 11.1 Å². The summed E-state index contributed by atoms with van der Waals surface area (Å²) in [5, 5.41) is 2.98. The molecule has 1 saturated carbocycles. The van der Waals surface area contributed by atoms with Crippen molar-refractivity contribution in [3.8, 4) is 0 Å². The summed E-state index contributed by atoms with van der Waals surface area (Å²) in [4.78, 5) is 3.29. The molecule has 2 rings (SSSR count). The van der Waals surface area contributed by atoms with Crippen molar-refractivity contribution >= 4 is 11.4 Å². The molecule has 1 unspecified atom stereocenters. The molecule has 1 aromatic rings. The van der Waals surface area contributed by atoms with E-state index in [-0.39, 0.29) is 5.69 Å². The average molecular weight is 259 g/mol. The third-order valence-electron chi connectivity index (χ3n) is 3.27. The Bertz CT molecular complexity index is 427. The van der Waals surface area contributed by atoms with Gasteiger partial charge in [-0.25, -0.2) is 4.98 Å². The van der Waals surface area contributed by atoms with Crippen molar-refractivity contribution in [3.05, 3.63) is 18.0 Å². The number of anilines is 2. The van der Waals surface area contributed by atoms with Gasteiger partial charge in [0.15, 0.2) is 0 Å². The topological polar surface area (TPSA) is 50.9 Å². The second-order valence-corrected chi connectivity index (χ2v) is 4.85. The van der Waals surface area contributed by atoms with Crippen LogP contribution in [0, 0.1) is 11.8 Å². The molecule has 1 aliphatic carbocycles. The highest BCUT2D eigenvalue weighted by molar-refractivity contribution is 5.65. The number of nitrogens with two attached hydrogens (primary N) is 1. The Morgan fingerprint density at radius 1 is 1.50 bits per heavy atom. The average Bonchev–Trinajstić information content (AvgIpc) is 3.09. The summed E-state index contributed by atoms with van der Waals surface area (Å²) in [6, 6.07) is 0.967. The molecule has 1 aromatic heterocycles. The van der Waals surface area contributed by atoms with E-state index in [1.165, 1.54) is 12.8 Å². The van der Waals surface area contributed by atoms with Crippen LogP contribution in [0.1, 0.15) is 25.5 Å². The molecule has 100 valence electrons.